The number of alkyl halides is 3. The van der Waals surface area contributed by atoms with E-state index in [-0.39, 0.29) is 25.1 Å². The fraction of sp³-hybridized carbons (Fsp3) is 0.410. The highest BCUT2D eigenvalue weighted by molar-refractivity contribution is 7.91. The number of ether oxygens (including phenoxy) is 1. The van der Waals surface area contributed by atoms with Crippen LogP contribution >= 0.6 is 11.6 Å². The van der Waals surface area contributed by atoms with Gasteiger partial charge in [0.1, 0.15) is 33.9 Å². The Morgan fingerprint density at radius 1 is 1.04 bits per heavy atom. The largest absolute Gasteiger partial charge is 0.593 e. The number of benzene rings is 3. The number of hydrogen-bond acceptors (Lipinski definition) is 6. The van der Waals surface area contributed by atoms with E-state index in [0.29, 0.717) is 29.4 Å². The maximum absolute atomic E-state index is 14.7. The predicted octanol–water partition coefficient (Wildman–Crippen LogP) is 7.32. The van der Waals surface area contributed by atoms with Gasteiger partial charge in [0.25, 0.3) is 5.91 Å². The quantitative estimate of drug-likeness (QED) is 0.139. The molecule has 3 amide bonds. The normalized spacial score (nSPS) is 22.8. The SMILES string of the molecule is C=C[C@@H]1C[C@]1(NC(=O)[C@@H]1Cc2cc(Oc3cccc(Cl)c3)ccc2CN1C(=O)[C@@H](Nc1cccc(C(F)(F)F)c1)C(C)(C)C)C(=O)N[S+]([O-])C1(C)CC1. The Bertz CT molecular complexity index is 1930. The summed E-state index contributed by atoms with van der Waals surface area (Å²) in [5.74, 6) is -1.17. The lowest BCUT2D eigenvalue weighted by molar-refractivity contribution is -0.145. The number of fused-ring (bicyclic) bond motifs is 1. The fourth-order valence-electron chi connectivity index (χ4n) is 6.52. The van der Waals surface area contributed by atoms with Crippen molar-refractivity contribution >= 4 is 46.4 Å². The van der Waals surface area contributed by atoms with Gasteiger partial charge in [0, 0.05) is 42.4 Å². The molecule has 282 valence electrons. The van der Waals surface area contributed by atoms with Crippen LogP contribution in [0.15, 0.2) is 79.4 Å². The summed E-state index contributed by atoms with van der Waals surface area (Å²) in [5.41, 5.74) is -1.55. The summed E-state index contributed by atoms with van der Waals surface area (Å²) in [5, 5.41) is 6.42. The van der Waals surface area contributed by atoms with Crippen molar-refractivity contribution in [1.29, 1.82) is 0 Å². The van der Waals surface area contributed by atoms with Crippen molar-refractivity contribution in [1.82, 2.24) is 14.9 Å². The van der Waals surface area contributed by atoms with Crippen molar-refractivity contribution in [2.24, 2.45) is 11.3 Å². The minimum absolute atomic E-state index is 0.00694. The van der Waals surface area contributed by atoms with Crippen molar-refractivity contribution in [3.05, 3.63) is 101 Å². The number of halogens is 4. The van der Waals surface area contributed by atoms with Gasteiger partial charge in [-0.3, -0.25) is 14.4 Å². The molecule has 2 fully saturated rings. The minimum Gasteiger partial charge on any atom is -0.593 e. The molecule has 6 rings (SSSR count). The van der Waals surface area contributed by atoms with Crippen LogP contribution in [0.2, 0.25) is 5.02 Å². The van der Waals surface area contributed by atoms with Crippen LogP contribution in [-0.2, 0) is 44.9 Å². The number of nitrogens with zero attached hydrogens (tertiary/aromatic N) is 1. The number of carbonyl (C=O) groups excluding carboxylic acids is 3. The summed E-state index contributed by atoms with van der Waals surface area (Å²) in [6.45, 7) is 11.0. The molecule has 3 aromatic rings. The van der Waals surface area contributed by atoms with Crippen LogP contribution in [0.3, 0.4) is 0 Å². The molecule has 0 saturated heterocycles. The Kier molecular flexibility index (Phi) is 10.3. The zero-order chi connectivity index (χ0) is 38.5. The van der Waals surface area contributed by atoms with Crippen molar-refractivity contribution < 1.29 is 36.8 Å². The summed E-state index contributed by atoms with van der Waals surface area (Å²) in [6.07, 6.45) is -1.34. The lowest BCUT2D eigenvalue weighted by Crippen LogP contribution is -2.61. The average molecular weight is 771 g/mol. The van der Waals surface area contributed by atoms with Gasteiger partial charge < -0.3 is 24.8 Å². The fourth-order valence-corrected chi connectivity index (χ4v) is 7.77. The first-order valence-electron chi connectivity index (χ1n) is 17.3. The molecule has 0 bridgehead atoms. The molecular formula is C39H42ClF3N4O5S. The van der Waals surface area contributed by atoms with Gasteiger partial charge in [0.15, 0.2) is 0 Å². The number of rotatable bonds is 11. The maximum atomic E-state index is 14.7. The molecule has 3 N–H and O–H groups in total. The Hall–Kier alpha value is -4.20. The van der Waals surface area contributed by atoms with Crippen LogP contribution in [0.5, 0.6) is 11.5 Å². The minimum atomic E-state index is -4.59. The van der Waals surface area contributed by atoms with Crippen molar-refractivity contribution in [3.8, 4) is 11.5 Å². The Labute approximate surface area is 315 Å². The first kappa shape index (κ1) is 38.5. The Balaban J connectivity index is 1.33. The van der Waals surface area contributed by atoms with Crippen LogP contribution in [-0.4, -0.2) is 49.5 Å². The lowest BCUT2D eigenvalue weighted by atomic mass is 9.84. The zero-order valence-corrected chi connectivity index (χ0v) is 31.4. The van der Waals surface area contributed by atoms with E-state index in [4.69, 9.17) is 16.3 Å². The van der Waals surface area contributed by atoms with E-state index in [2.05, 4.69) is 21.9 Å². The first-order valence-corrected chi connectivity index (χ1v) is 18.8. The number of nitrogens with one attached hydrogen (secondary N) is 3. The molecule has 0 spiro atoms. The van der Waals surface area contributed by atoms with Crippen LogP contribution < -0.4 is 20.1 Å². The molecule has 2 saturated carbocycles. The van der Waals surface area contributed by atoms with Gasteiger partial charge in [-0.15, -0.1) is 6.58 Å². The van der Waals surface area contributed by atoms with Gasteiger partial charge in [-0.25, -0.2) is 0 Å². The molecule has 3 aromatic carbocycles. The van der Waals surface area contributed by atoms with Crippen LogP contribution in [0.25, 0.3) is 0 Å². The smallest absolute Gasteiger partial charge is 0.416 e. The lowest BCUT2D eigenvalue weighted by Gasteiger charge is -2.41. The summed E-state index contributed by atoms with van der Waals surface area (Å²) in [4.78, 5) is 44.2. The average Bonchev–Trinajstić information content (AvgIpc) is 4.02. The maximum Gasteiger partial charge on any atom is 0.416 e. The predicted molar refractivity (Wildman–Crippen MR) is 197 cm³/mol. The monoisotopic (exact) mass is 770 g/mol. The van der Waals surface area contributed by atoms with E-state index >= 15 is 0 Å². The van der Waals surface area contributed by atoms with Gasteiger partial charge in [-0.05, 0) is 78.4 Å². The molecule has 3 aliphatic rings. The van der Waals surface area contributed by atoms with Gasteiger partial charge in [0.05, 0.1) is 16.9 Å². The third kappa shape index (κ3) is 8.32. The molecule has 5 atom stereocenters. The summed E-state index contributed by atoms with van der Waals surface area (Å²) < 4.78 is 61.9. The topological polar surface area (TPSA) is 123 Å². The summed E-state index contributed by atoms with van der Waals surface area (Å²) in [7, 11) is 0. The van der Waals surface area contributed by atoms with Gasteiger partial charge >= 0.3 is 6.18 Å². The Morgan fingerprint density at radius 3 is 2.36 bits per heavy atom. The van der Waals surface area contributed by atoms with E-state index in [9.17, 15) is 32.1 Å². The molecular weight excluding hydrogens is 729 g/mol. The van der Waals surface area contributed by atoms with Crippen LogP contribution in [0.1, 0.15) is 63.6 Å². The van der Waals surface area contributed by atoms with Crippen molar-refractivity contribution in [2.45, 2.75) is 88.5 Å². The molecule has 1 unspecified atom stereocenters. The first-order chi connectivity index (χ1) is 24.8. The zero-order valence-electron chi connectivity index (χ0n) is 29.8. The number of anilines is 1. The molecule has 14 heteroatoms. The molecule has 0 radical (unpaired) electrons. The van der Waals surface area contributed by atoms with E-state index in [0.717, 1.165) is 23.3 Å². The highest BCUT2D eigenvalue weighted by Crippen LogP contribution is 2.47. The van der Waals surface area contributed by atoms with Crippen molar-refractivity contribution in [2.75, 3.05) is 5.32 Å². The summed E-state index contributed by atoms with van der Waals surface area (Å²) >= 11 is 4.49. The van der Waals surface area contributed by atoms with Gasteiger partial charge in [-0.2, -0.15) is 17.9 Å². The molecule has 53 heavy (non-hydrogen) atoms. The van der Waals surface area contributed by atoms with Crippen LogP contribution in [0, 0.1) is 11.3 Å². The van der Waals surface area contributed by atoms with Crippen molar-refractivity contribution in [3.63, 3.8) is 0 Å². The van der Waals surface area contributed by atoms with Gasteiger partial charge in [0.2, 0.25) is 11.8 Å². The molecule has 2 aliphatic carbocycles. The Morgan fingerprint density at radius 2 is 1.74 bits per heavy atom. The number of amides is 3. The third-order valence-electron chi connectivity index (χ3n) is 10.2. The molecule has 1 aliphatic heterocycles. The van der Waals surface area contributed by atoms with E-state index in [1.807, 2.05) is 6.92 Å². The second-order valence-corrected chi connectivity index (χ2v) is 17.5. The van der Waals surface area contributed by atoms with E-state index in [1.54, 1.807) is 69.3 Å². The molecule has 9 nitrogen and oxygen atoms in total. The third-order valence-corrected chi connectivity index (χ3v) is 12.1. The second-order valence-electron chi connectivity index (χ2n) is 15.4. The number of hydrogen-bond donors (Lipinski definition) is 3. The molecule has 1 heterocycles. The second kappa shape index (κ2) is 14.2. The van der Waals surface area contributed by atoms with E-state index in [1.165, 1.54) is 17.0 Å². The highest BCUT2D eigenvalue weighted by atomic mass is 35.5. The van der Waals surface area contributed by atoms with E-state index < -0.39 is 74.5 Å². The number of carbonyl (C=O) groups is 3. The summed E-state index contributed by atoms with van der Waals surface area (Å²) in [6, 6.07) is 14.6. The van der Waals surface area contributed by atoms with Gasteiger partial charge in [-0.1, -0.05) is 56.6 Å². The van der Waals surface area contributed by atoms with Crippen LogP contribution in [0.4, 0.5) is 18.9 Å². The highest BCUT2D eigenvalue weighted by Gasteiger charge is 2.63. The standard InChI is InChI=1S/C39H42ClF3N4O5S/c1-6-25-21-38(25,35(50)46-53(51)37(5)15-16-37)45-33(48)31-18-24-17-30(52-29-12-8-10-27(40)20-29)14-13-23(24)22-47(31)34(49)32(36(2,3)4)44-28-11-7-9-26(19-28)39(41,42)43/h6-14,17,19-20,25,31-32,44H,1,15-16,18,21-22H2,2-5H3,(H,45,48)(H,46,50)/t25-,31+,32-,38-,53?/m1/s1. The molecule has 0 aromatic heterocycles.